The van der Waals surface area contributed by atoms with Gasteiger partial charge in [-0.1, -0.05) is 35.9 Å². The number of aliphatic hydroxyl groups is 1. The minimum absolute atomic E-state index is 0.120. The lowest BCUT2D eigenvalue weighted by molar-refractivity contribution is 0.201. The molecule has 0 aliphatic heterocycles. The van der Waals surface area contributed by atoms with Crippen molar-refractivity contribution in [3.8, 4) is 0 Å². The average Bonchev–Trinajstić information content (AvgIpc) is 2.40. The van der Waals surface area contributed by atoms with E-state index < -0.39 is 21.8 Å². The van der Waals surface area contributed by atoms with Crippen LogP contribution in [0.4, 0.5) is 4.39 Å². The number of aliphatic hydroxyl groups excluding tert-OH is 1. The van der Waals surface area contributed by atoms with Crippen molar-refractivity contribution in [3.63, 3.8) is 0 Å². The third-order valence-corrected chi connectivity index (χ3v) is 5.11. The maximum Gasteiger partial charge on any atom is 0.157 e. The Labute approximate surface area is 130 Å². The summed E-state index contributed by atoms with van der Waals surface area (Å²) in [5.74, 6) is -0.909. The largest absolute Gasteiger partial charge is 0.387 e. The van der Waals surface area contributed by atoms with Crippen molar-refractivity contribution in [1.82, 2.24) is 0 Å². The van der Waals surface area contributed by atoms with E-state index in [1.54, 1.807) is 19.1 Å². The van der Waals surface area contributed by atoms with Crippen LogP contribution in [0.5, 0.6) is 0 Å². The molecule has 0 spiro atoms. The number of rotatable bonds is 5. The van der Waals surface area contributed by atoms with Crippen molar-refractivity contribution in [2.24, 2.45) is 0 Å². The zero-order chi connectivity index (χ0) is 16.3. The molecule has 5 heteroatoms. The summed E-state index contributed by atoms with van der Waals surface area (Å²) in [6.45, 7) is 3.58. The van der Waals surface area contributed by atoms with Crippen molar-refractivity contribution in [2.45, 2.75) is 25.7 Å². The minimum Gasteiger partial charge on any atom is -0.387 e. The standard InChI is InChI=1S/C17H19FO3S/c1-12-3-5-14(6-4-12)10-22(20,21)11-17(19)16-8-7-15(18)9-13(16)2/h3-9,17,19H,10-11H2,1-2H3. The predicted octanol–water partition coefficient (Wildman–Crippen LogP) is 3.09. The third kappa shape index (κ3) is 4.39. The van der Waals surface area contributed by atoms with Gasteiger partial charge in [-0.15, -0.1) is 0 Å². The summed E-state index contributed by atoms with van der Waals surface area (Å²) >= 11 is 0. The van der Waals surface area contributed by atoms with E-state index in [4.69, 9.17) is 0 Å². The Balaban J connectivity index is 2.12. The number of aryl methyl sites for hydroxylation is 2. The molecule has 0 radical (unpaired) electrons. The van der Waals surface area contributed by atoms with Crippen molar-refractivity contribution >= 4 is 9.84 Å². The monoisotopic (exact) mass is 322 g/mol. The van der Waals surface area contributed by atoms with Gasteiger partial charge in [0.05, 0.1) is 17.6 Å². The lowest BCUT2D eigenvalue weighted by atomic mass is 10.0. The molecule has 1 atom stereocenters. The summed E-state index contributed by atoms with van der Waals surface area (Å²) in [6.07, 6.45) is -1.16. The van der Waals surface area contributed by atoms with Crippen LogP contribution in [0, 0.1) is 19.7 Å². The Hall–Kier alpha value is -1.72. The molecule has 1 unspecified atom stereocenters. The first-order chi connectivity index (χ1) is 10.3. The van der Waals surface area contributed by atoms with E-state index in [2.05, 4.69) is 0 Å². The molecule has 2 aromatic rings. The molecule has 0 saturated carbocycles. The molecule has 0 saturated heterocycles. The number of hydrogen-bond acceptors (Lipinski definition) is 3. The number of benzene rings is 2. The fourth-order valence-corrected chi connectivity index (χ4v) is 3.82. The van der Waals surface area contributed by atoms with Crippen LogP contribution in [0.1, 0.15) is 28.4 Å². The highest BCUT2D eigenvalue weighted by Crippen LogP contribution is 2.21. The molecule has 0 aliphatic rings. The Morgan fingerprint density at radius 1 is 1.09 bits per heavy atom. The molecule has 3 nitrogen and oxygen atoms in total. The van der Waals surface area contributed by atoms with Gasteiger partial charge in [0.25, 0.3) is 0 Å². The van der Waals surface area contributed by atoms with Crippen LogP contribution < -0.4 is 0 Å². The maximum atomic E-state index is 13.1. The summed E-state index contributed by atoms with van der Waals surface area (Å²) in [7, 11) is -3.47. The van der Waals surface area contributed by atoms with Crippen molar-refractivity contribution < 1.29 is 17.9 Å². The second-order valence-electron chi connectivity index (χ2n) is 5.56. The van der Waals surface area contributed by atoms with E-state index in [1.165, 1.54) is 18.2 Å². The molecule has 118 valence electrons. The Morgan fingerprint density at radius 3 is 2.32 bits per heavy atom. The van der Waals surface area contributed by atoms with E-state index in [1.807, 2.05) is 19.1 Å². The molecule has 0 fully saturated rings. The van der Waals surface area contributed by atoms with Crippen molar-refractivity contribution in [3.05, 3.63) is 70.5 Å². The van der Waals surface area contributed by atoms with E-state index in [0.717, 1.165) is 5.56 Å². The molecule has 0 aliphatic carbocycles. The van der Waals surface area contributed by atoms with Gasteiger partial charge in [-0.05, 0) is 42.7 Å². The molecular formula is C17H19FO3S. The lowest BCUT2D eigenvalue weighted by Crippen LogP contribution is -2.17. The molecule has 0 bridgehead atoms. The van der Waals surface area contributed by atoms with Crippen LogP contribution in [0.15, 0.2) is 42.5 Å². The number of hydrogen-bond donors (Lipinski definition) is 1. The molecule has 1 N–H and O–H groups in total. The molecule has 0 aromatic heterocycles. The lowest BCUT2D eigenvalue weighted by Gasteiger charge is -2.14. The van der Waals surface area contributed by atoms with Crippen LogP contribution in [-0.4, -0.2) is 19.3 Å². The van der Waals surface area contributed by atoms with Gasteiger partial charge < -0.3 is 5.11 Å². The van der Waals surface area contributed by atoms with E-state index in [9.17, 15) is 17.9 Å². The average molecular weight is 322 g/mol. The third-order valence-electron chi connectivity index (χ3n) is 3.51. The molecule has 22 heavy (non-hydrogen) atoms. The Morgan fingerprint density at radius 2 is 1.73 bits per heavy atom. The van der Waals surface area contributed by atoms with Gasteiger partial charge >= 0.3 is 0 Å². The maximum absolute atomic E-state index is 13.1. The SMILES string of the molecule is Cc1ccc(CS(=O)(=O)CC(O)c2ccc(F)cc2C)cc1. The summed E-state index contributed by atoms with van der Waals surface area (Å²) in [6, 6.07) is 11.2. The normalized spacial score (nSPS) is 13.1. The molecule has 2 aromatic carbocycles. The first-order valence-electron chi connectivity index (χ1n) is 6.97. The van der Waals surface area contributed by atoms with Gasteiger partial charge in [0.15, 0.2) is 9.84 Å². The Kier molecular flexibility index (Phi) is 4.98. The Bertz CT molecular complexity index is 752. The van der Waals surface area contributed by atoms with Crippen LogP contribution in [0.2, 0.25) is 0 Å². The van der Waals surface area contributed by atoms with E-state index >= 15 is 0 Å². The molecule has 2 rings (SSSR count). The summed E-state index contributed by atoms with van der Waals surface area (Å²) in [5.41, 5.74) is 2.73. The summed E-state index contributed by atoms with van der Waals surface area (Å²) < 4.78 is 37.5. The summed E-state index contributed by atoms with van der Waals surface area (Å²) in [5, 5.41) is 10.1. The highest BCUT2D eigenvalue weighted by Gasteiger charge is 2.20. The fraction of sp³-hybridized carbons (Fsp3) is 0.294. The van der Waals surface area contributed by atoms with E-state index in [0.29, 0.717) is 16.7 Å². The topological polar surface area (TPSA) is 54.4 Å². The van der Waals surface area contributed by atoms with Crippen LogP contribution in [0.3, 0.4) is 0 Å². The second kappa shape index (κ2) is 6.58. The zero-order valence-electron chi connectivity index (χ0n) is 12.6. The van der Waals surface area contributed by atoms with Gasteiger partial charge in [-0.3, -0.25) is 0 Å². The fourth-order valence-electron chi connectivity index (χ4n) is 2.34. The smallest absolute Gasteiger partial charge is 0.157 e. The first kappa shape index (κ1) is 16.6. The molecule has 0 heterocycles. The highest BCUT2D eigenvalue weighted by atomic mass is 32.2. The van der Waals surface area contributed by atoms with Gasteiger partial charge in [-0.25, -0.2) is 12.8 Å². The van der Waals surface area contributed by atoms with Crippen LogP contribution >= 0.6 is 0 Å². The molecular weight excluding hydrogens is 303 g/mol. The van der Waals surface area contributed by atoms with E-state index in [-0.39, 0.29) is 11.5 Å². The van der Waals surface area contributed by atoms with Gasteiger partial charge in [0, 0.05) is 0 Å². The minimum atomic E-state index is -3.47. The highest BCUT2D eigenvalue weighted by molar-refractivity contribution is 7.90. The van der Waals surface area contributed by atoms with Crippen LogP contribution in [-0.2, 0) is 15.6 Å². The van der Waals surface area contributed by atoms with Crippen LogP contribution in [0.25, 0.3) is 0 Å². The van der Waals surface area contributed by atoms with Crippen molar-refractivity contribution in [1.29, 1.82) is 0 Å². The van der Waals surface area contributed by atoms with Gasteiger partial charge in [0.1, 0.15) is 5.82 Å². The van der Waals surface area contributed by atoms with Gasteiger partial charge in [-0.2, -0.15) is 0 Å². The van der Waals surface area contributed by atoms with Crippen molar-refractivity contribution in [2.75, 3.05) is 5.75 Å². The summed E-state index contributed by atoms with van der Waals surface area (Å²) in [4.78, 5) is 0. The second-order valence-corrected chi connectivity index (χ2v) is 7.67. The quantitative estimate of drug-likeness (QED) is 0.920. The molecule has 0 amide bonds. The predicted molar refractivity (Wildman–Crippen MR) is 84.8 cm³/mol. The van der Waals surface area contributed by atoms with Gasteiger partial charge in [0.2, 0.25) is 0 Å². The number of sulfone groups is 1. The zero-order valence-corrected chi connectivity index (χ0v) is 13.4. The first-order valence-corrected chi connectivity index (χ1v) is 8.79. The number of halogens is 1.